The van der Waals surface area contributed by atoms with E-state index in [9.17, 15) is 43.2 Å². The summed E-state index contributed by atoms with van der Waals surface area (Å²) in [6, 6.07) is 0. The van der Waals surface area contributed by atoms with Crippen LogP contribution in [0, 0.1) is 17.8 Å². The lowest BCUT2D eigenvalue weighted by molar-refractivity contribution is -0.161. The summed E-state index contributed by atoms with van der Waals surface area (Å²) in [6.45, 7) is 11.9. The number of phosphoric acid groups is 2. The molecule has 0 aromatic heterocycles. The normalized spacial score (nSPS) is 14.0. The van der Waals surface area contributed by atoms with Crippen LogP contribution in [0.4, 0.5) is 0 Å². The maximum Gasteiger partial charge on any atom is 0.472 e. The summed E-state index contributed by atoms with van der Waals surface area (Å²) in [5.41, 5.74) is 0. The maximum absolute atomic E-state index is 13.1. The highest BCUT2D eigenvalue weighted by Gasteiger charge is 2.30. The van der Waals surface area contributed by atoms with E-state index in [1.807, 2.05) is 0 Å². The summed E-state index contributed by atoms with van der Waals surface area (Å²) in [5.74, 6) is 0.151. The zero-order valence-electron chi connectivity index (χ0n) is 64.3. The Bertz CT molecular complexity index is 1900. The Hall–Kier alpha value is -1.94. The lowest BCUT2D eigenvalue weighted by Crippen LogP contribution is -2.30. The molecule has 0 radical (unpaired) electrons. The molecule has 0 spiro atoms. The number of phosphoric ester groups is 2. The second kappa shape index (κ2) is 69.4. The molecular weight excluding hydrogens is 1280 g/mol. The number of aliphatic hydroxyl groups excluding tert-OH is 1. The zero-order valence-corrected chi connectivity index (χ0v) is 66.0. The van der Waals surface area contributed by atoms with Crippen LogP contribution in [0.2, 0.25) is 0 Å². The Morgan fingerprint density at radius 2 is 0.469 bits per heavy atom. The molecule has 0 aliphatic carbocycles. The molecular formula is C79H154O17P2. The van der Waals surface area contributed by atoms with E-state index in [0.29, 0.717) is 31.6 Å². The first-order valence-corrected chi connectivity index (χ1v) is 43.8. The zero-order chi connectivity index (χ0) is 72.3. The Labute approximate surface area is 600 Å². The van der Waals surface area contributed by atoms with E-state index in [0.717, 1.165) is 108 Å². The quantitative estimate of drug-likeness (QED) is 0.0222. The van der Waals surface area contributed by atoms with Crippen LogP contribution in [0.1, 0.15) is 408 Å². The van der Waals surface area contributed by atoms with Crippen LogP contribution in [0.15, 0.2) is 0 Å². The van der Waals surface area contributed by atoms with E-state index in [1.54, 1.807) is 0 Å². The van der Waals surface area contributed by atoms with Gasteiger partial charge in [0.05, 0.1) is 26.4 Å². The van der Waals surface area contributed by atoms with Crippen molar-refractivity contribution in [3.63, 3.8) is 0 Å². The molecule has 0 heterocycles. The molecule has 3 N–H and O–H groups in total. The monoisotopic (exact) mass is 1440 g/mol. The van der Waals surface area contributed by atoms with Gasteiger partial charge in [-0.1, -0.05) is 357 Å². The number of hydrogen-bond donors (Lipinski definition) is 3. The van der Waals surface area contributed by atoms with E-state index in [2.05, 4.69) is 48.5 Å². The van der Waals surface area contributed by atoms with Gasteiger partial charge in [0, 0.05) is 25.7 Å². The van der Waals surface area contributed by atoms with Gasteiger partial charge in [-0.15, -0.1) is 0 Å². The van der Waals surface area contributed by atoms with Gasteiger partial charge in [0.25, 0.3) is 0 Å². The van der Waals surface area contributed by atoms with Gasteiger partial charge in [-0.05, 0) is 43.4 Å². The van der Waals surface area contributed by atoms with Crippen molar-refractivity contribution in [2.75, 3.05) is 39.6 Å². The van der Waals surface area contributed by atoms with Crippen molar-refractivity contribution in [3.05, 3.63) is 0 Å². The van der Waals surface area contributed by atoms with Crippen LogP contribution in [-0.2, 0) is 65.4 Å². The predicted molar refractivity (Wildman–Crippen MR) is 400 cm³/mol. The SMILES string of the molecule is CCCCCCCCCCCCCCCCCCCC(=O)OC[C@H](COP(=O)(O)OC[C@@H](O)COP(=O)(O)OC[C@@H](COC(=O)CCCCCCCCCC(C)C)OC(=O)CCCCCCCCCCCCCC(C)C)OC(=O)CCCCCCCCCCCCCCCCC(C)C. The summed E-state index contributed by atoms with van der Waals surface area (Å²) >= 11 is 0. The smallest absolute Gasteiger partial charge is 0.462 e. The van der Waals surface area contributed by atoms with Crippen molar-refractivity contribution >= 4 is 39.5 Å². The van der Waals surface area contributed by atoms with Gasteiger partial charge in [-0.2, -0.15) is 0 Å². The summed E-state index contributed by atoms with van der Waals surface area (Å²) in [7, 11) is -9.92. The average Bonchev–Trinajstić information content (AvgIpc) is 0.970. The third kappa shape index (κ3) is 72.4. The van der Waals surface area contributed by atoms with Crippen molar-refractivity contribution in [2.24, 2.45) is 17.8 Å². The third-order valence-corrected chi connectivity index (χ3v) is 20.3. The number of esters is 4. The second-order valence-corrected chi connectivity index (χ2v) is 32.8. The molecule has 2 unspecified atom stereocenters. The van der Waals surface area contributed by atoms with Gasteiger partial charge in [0.2, 0.25) is 0 Å². The average molecular weight is 1440 g/mol. The van der Waals surface area contributed by atoms with Crippen molar-refractivity contribution in [3.8, 4) is 0 Å². The molecule has 19 heteroatoms. The first-order chi connectivity index (χ1) is 47.2. The number of ether oxygens (including phenoxy) is 4. The van der Waals surface area contributed by atoms with Crippen molar-refractivity contribution in [2.45, 2.75) is 426 Å². The van der Waals surface area contributed by atoms with Gasteiger partial charge >= 0.3 is 39.5 Å². The number of aliphatic hydroxyl groups is 1. The first-order valence-electron chi connectivity index (χ1n) is 40.8. The van der Waals surface area contributed by atoms with Gasteiger partial charge < -0.3 is 33.8 Å². The third-order valence-electron chi connectivity index (χ3n) is 18.4. The van der Waals surface area contributed by atoms with E-state index in [4.69, 9.17) is 37.0 Å². The van der Waals surface area contributed by atoms with E-state index >= 15 is 0 Å². The fourth-order valence-electron chi connectivity index (χ4n) is 12.1. The lowest BCUT2D eigenvalue weighted by atomic mass is 10.0. The Kier molecular flexibility index (Phi) is 68.1. The molecule has 0 bridgehead atoms. The predicted octanol–water partition coefficient (Wildman–Crippen LogP) is 23.4. The molecule has 582 valence electrons. The van der Waals surface area contributed by atoms with Crippen LogP contribution in [0.25, 0.3) is 0 Å². The van der Waals surface area contributed by atoms with Crippen LogP contribution in [-0.4, -0.2) is 96.7 Å². The van der Waals surface area contributed by atoms with Gasteiger partial charge in [0.1, 0.15) is 19.3 Å². The minimum atomic E-state index is -4.96. The highest BCUT2D eigenvalue weighted by molar-refractivity contribution is 7.47. The molecule has 0 fully saturated rings. The van der Waals surface area contributed by atoms with Crippen LogP contribution in [0.3, 0.4) is 0 Å². The molecule has 0 aromatic rings. The number of rotatable bonds is 77. The van der Waals surface area contributed by atoms with E-state index in [1.165, 1.54) is 212 Å². The molecule has 0 aliphatic heterocycles. The summed E-state index contributed by atoms with van der Waals surface area (Å²) in [6.07, 6.45) is 56.9. The largest absolute Gasteiger partial charge is 0.472 e. The van der Waals surface area contributed by atoms with E-state index in [-0.39, 0.29) is 25.7 Å². The van der Waals surface area contributed by atoms with Crippen molar-refractivity contribution in [1.29, 1.82) is 0 Å². The molecule has 5 atom stereocenters. The van der Waals surface area contributed by atoms with Gasteiger partial charge in [-0.3, -0.25) is 37.3 Å². The van der Waals surface area contributed by atoms with E-state index < -0.39 is 97.5 Å². The fourth-order valence-corrected chi connectivity index (χ4v) is 13.7. The first kappa shape index (κ1) is 96.1. The Morgan fingerprint density at radius 3 is 0.694 bits per heavy atom. The number of hydrogen-bond acceptors (Lipinski definition) is 15. The van der Waals surface area contributed by atoms with Crippen LogP contribution >= 0.6 is 15.6 Å². The van der Waals surface area contributed by atoms with Gasteiger partial charge in [-0.25, -0.2) is 9.13 Å². The summed E-state index contributed by atoms with van der Waals surface area (Å²) in [5, 5.41) is 10.6. The summed E-state index contributed by atoms with van der Waals surface area (Å²) < 4.78 is 68.6. The van der Waals surface area contributed by atoms with Crippen molar-refractivity contribution < 1.29 is 80.2 Å². The number of carbonyl (C=O) groups is 4. The molecule has 0 aromatic carbocycles. The maximum atomic E-state index is 13.1. The number of unbranched alkanes of at least 4 members (excludes halogenated alkanes) is 45. The topological polar surface area (TPSA) is 237 Å². The second-order valence-electron chi connectivity index (χ2n) is 29.9. The van der Waals surface area contributed by atoms with Crippen molar-refractivity contribution in [1.82, 2.24) is 0 Å². The standard InChI is InChI=1S/C79H154O17P2/c1-8-9-10-11-12-13-14-15-16-17-18-22-27-32-39-46-53-60-76(81)89-66-74(95-78(83)62-55-48-40-33-28-23-20-19-21-25-30-36-43-50-57-70(2)3)68-93-97(85,86)91-64-73(80)65-92-98(87,88)94-69-75(67-90-77(82)61-54-47-42-35-38-45-52-59-72(6)7)96-79(84)63-56-49-41-34-29-24-26-31-37-44-51-58-71(4)5/h70-75,80H,8-69H2,1-7H3,(H,85,86)(H,87,88)/t73-,74-,75-/m1/s1. The minimum Gasteiger partial charge on any atom is -0.462 e. The van der Waals surface area contributed by atoms with Crippen LogP contribution < -0.4 is 0 Å². The minimum absolute atomic E-state index is 0.106. The number of carbonyl (C=O) groups excluding carboxylic acids is 4. The van der Waals surface area contributed by atoms with Crippen LogP contribution in [0.5, 0.6) is 0 Å². The Balaban J connectivity index is 5.25. The molecule has 0 amide bonds. The highest BCUT2D eigenvalue weighted by Crippen LogP contribution is 2.45. The molecule has 0 aliphatic rings. The summed E-state index contributed by atoms with van der Waals surface area (Å²) in [4.78, 5) is 72.9. The molecule has 0 saturated carbocycles. The Morgan fingerprint density at radius 1 is 0.276 bits per heavy atom. The fraction of sp³-hybridized carbons (Fsp3) is 0.949. The molecule has 0 saturated heterocycles. The molecule has 0 rings (SSSR count). The van der Waals surface area contributed by atoms with Gasteiger partial charge in [0.15, 0.2) is 12.2 Å². The highest BCUT2D eigenvalue weighted by atomic mass is 31.2. The molecule has 17 nitrogen and oxygen atoms in total. The lowest BCUT2D eigenvalue weighted by Gasteiger charge is -2.21. The molecule has 98 heavy (non-hydrogen) atoms.